The number of nitrogens with zero attached hydrogens (tertiary/aromatic N) is 1. The van der Waals surface area contributed by atoms with Crippen LogP contribution in [-0.2, 0) is 14.8 Å². The van der Waals surface area contributed by atoms with Gasteiger partial charge in [-0.3, -0.25) is 9.52 Å². The van der Waals surface area contributed by atoms with Crippen molar-refractivity contribution in [3.63, 3.8) is 0 Å². The number of hydrogen-bond donors (Lipinski definition) is 2. The van der Waals surface area contributed by atoms with Crippen molar-refractivity contribution in [3.8, 4) is 11.5 Å². The molecule has 0 saturated carbocycles. The molecule has 172 valence electrons. The van der Waals surface area contributed by atoms with E-state index in [1.165, 1.54) is 0 Å². The molecular formula is C24H25N3O5S. The third-order valence-electron chi connectivity index (χ3n) is 4.66. The Bertz CT molecular complexity index is 1220. The Kier molecular flexibility index (Phi) is 7.68. The second kappa shape index (κ2) is 10.6. The standard InChI is InChI=1S/C24H25N3O5S/c1-17-4-14-23(15-5-17)33(29,30)27-20-8-6-19(7-9-20)18(2)25-26-24(28)16-32-22-12-10-21(31-3)11-13-22/h4-15,27H,16H2,1-3H3,(H,26,28)/b25-18+. The number of aryl methyl sites for hydroxylation is 1. The first-order valence-electron chi connectivity index (χ1n) is 10.1. The minimum absolute atomic E-state index is 0.189. The number of methoxy groups -OCH3 is 1. The van der Waals surface area contributed by atoms with Crippen LogP contribution in [-0.4, -0.2) is 33.8 Å². The lowest BCUT2D eigenvalue weighted by molar-refractivity contribution is -0.123. The number of anilines is 1. The van der Waals surface area contributed by atoms with E-state index in [4.69, 9.17) is 9.47 Å². The lowest BCUT2D eigenvalue weighted by Gasteiger charge is -2.09. The average Bonchev–Trinajstić information content (AvgIpc) is 2.82. The van der Waals surface area contributed by atoms with Gasteiger partial charge in [0.25, 0.3) is 15.9 Å². The Morgan fingerprint density at radius 3 is 2.12 bits per heavy atom. The van der Waals surface area contributed by atoms with Crippen LogP contribution >= 0.6 is 0 Å². The molecule has 0 aliphatic rings. The fourth-order valence-electron chi connectivity index (χ4n) is 2.77. The summed E-state index contributed by atoms with van der Waals surface area (Å²) in [6, 6.07) is 20.2. The summed E-state index contributed by atoms with van der Waals surface area (Å²) in [6.07, 6.45) is 0. The van der Waals surface area contributed by atoms with E-state index in [1.807, 2.05) is 6.92 Å². The highest BCUT2D eigenvalue weighted by Gasteiger charge is 2.14. The van der Waals surface area contributed by atoms with E-state index in [0.29, 0.717) is 22.9 Å². The maximum Gasteiger partial charge on any atom is 0.277 e. The lowest BCUT2D eigenvalue weighted by atomic mass is 10.1. The van der Waals surface area contributed by atoms with Gasteiger partial charge in [-0.15, -0.1) is 0 Å². The van der Waals surface area contributed by atoms with Gasteiger partial charge >= 0.3 is 0 Å². The molecule has 0 radical (unpaired) electrons. The first kappa shape index (κ1) is 23.8. The topological polar surface area (TPSA) is 106 Å². The first-order chi connectivity index (χ1) is 15.8. The van der Waals surface area contributed by atoms with Crippen molar-refractivity contribution < 1.29 is 22.7 Å². The molecule has 3 aromatic carbocycles. The van der Waals surface area contributed by atoms with Crippen LogP contribution in [0.3, 0.4) is 0 Å². The van der Waals surface area contributed by atoms with Gasteiger partial charge < -0.3 is 9.47 Å². The Balaban J connectivity index is 1.54. The molecule has 33 heavy (non-hydrogen) atoms. The van der Waals surface area contributed by atoms with Crippen LogP contribution < -0.4 is 19.6 Å². The second-order valence-corrected chi connectivity index (χ2v) is 8.87. The van der Waals surface area contributed by atoms with Gasteiger partial charge in [-0.05, 0) is 67.9 Å². The van der Waals surface area contributed by atoms with E-state index in [2.05, 4.69) is 15.2 Å². The second-order valence-electron chi connectivity index (χ2n) is 7.19. The number of ether oxygens (including phenoxy) is 2. The normalized spacial score (nSPS) is 11.5. The molecule has 3 rings (SSSR count). The Morgan fingerprint density at radius 1 is 0.909 bits per heavy atom. The first-order valence-corrected chi connectivity index (χ1v) is 11.5. The van der Waals surface area contributed by atoms with Gasteiger partial charge in [0.1, 0.15) is 11.5 Å². The maximum absolute atomic E-state index is 12.5. The van der Waals surface area contributed by atoms with Crippen LogP contribution in [0.5, 0.6) is 11.5 Å². The van der Waals surface area contributed by atoms with Gasteiger partial charge in [-0.25, -0.2) is 13.8 Å². The number of rotatable bonds is 9. The van der Waals surface area contributed by atoms with Crippen molar-refractivity contribution in [1.82, 2.24) is 5.43 Å². The number of carbonyl (C=O) groups is 1. The maximum atomic E-state index is 12.5. The highest BCUT2D eigenvalue weighted by atomic mass is 32.2. The van der Waals surface area contributed by atoms with Gasteiger partial charge in [-0.2, -0.15) is 5.10 Å². The van der Waals surface area contributed by atoms with Crippen molar-refractivity contribution in [2.24, 2.45) is 5.10 Å². The van der Waals surface area contributed by atoms with E-state index in [9.17, 15) is 13.2 Å². The fraction of sp³-hybridized carbons (Fsp3) is 0.167. The van der Waals surface area contributed by atoms with Crippen LogP contribution in [0.15, 0.2) is 82.8 Å². The molecule has 2 N–H and O–H groups in total. The zero-order valence-corrected chi connectivity index (χ0v) is 19.3. The third kappa shape index (κ3) is 6.81. The molecule has 0 aromatic heterocycles. The van der Waals surface area contributed by atoms with E-state index in [-0.39, 0.29) is 11.5 Å². The van der Waals surface area contributed by atoms with Crippen molar-refractivity contribution in [2.75, 3.05) is 18.4 Å². The van der Waals surface area contributed by atoms with E-state index < -0.39 is 15.9 Å². The van der Waals surface area contributed by atoms with E-state index in [1.54, 1.807) is 86.8 Å². The largest absolute Gasteiger partial charge is 0.497 e. The summed E-state index contributed by atoms with van der Waals surface area (Å²) in [7, 11) is -2.11. The summed E-state index contributed by atoms with van der Waals surface area (Å²) < 4.78 is 38.0. The smallest absolute Gasteiger partial charge is 0.277 e. The number of hydrogen-bond acceptors (Lipinski definition) is 6. The number of hydrazone groups is 1. The molecule has 8 nitrogen and oxygen atoms in total. The van der Waals surface area contributed by atoms with Crippen LogP contribution in [0, 0.1) is 6.92 Å². The molecule has 1 amide bonds. The van der Waals surface area contributed by atoms with E-state index in [0.717, 1.165) is 11.1 Å². The number of amides is 1. The molecule has 0 aliphatic carbocycles. The molecule has 3 aromatic rings. The SMILES string of the molecule is COc1ccc(OCC(=O)N/N=C(\C)c2ccc(NS(=O)(=O)c3ccc(C)cc3)cc2)cc1. The summed E-state index contributed by atoms with van der Waals surface area (Å²) >= 11 is 0. The van der Waals surface area contributed by atoms with Gasteiger partial charge in [0.15, 0.2) is 6.61 Å². The summed E-state index contributed by atoms with van der Waals surface area (Å²) in [6.45, 7) is 3.43. The number of nitrogens with one attached hydrogen (secondary N) is 2. The summed E-state index contributed by atoms with van der Waals surface area (Å²) in [5, 5.41) is 4.07. The Hall–Kier alpha value is -3.85. The Labute approximate surface area is 193 Å². The number of sulfonamides is 1. The molecule has 0 bridgehead atoms. The summed E-state index contributed by atoms with van der Waals surface area (Å²) in [5.41, 5.74) is 5.12. The zero-order valence-electron chi connectivity index (χ0n) is 18.5. The molecule has 0 aliphatic heterocycles. The minimum Gasteiger partial charge on any atom is -0.497 e. The van der Waals surface area contributed by atoms with Crippen molar-refractivity contribution in [2.45, 2.75) is 18.7 Å². The average molecular weight is 468 g/mol. The zero-order chi connectivity index (χ0) is 23.8. The van der Waals surface area contributed by atoms with E-state index >= 15 is 0 Å². The van der Waals surface area contributed by atoms with Gasteiger partial charge in [0, 0.05) is 5.69 Å². The van der Waals surface area contributed by atoms with Crippen molar-refractivity contribution >= 4 is 27.3 Å². The molecule has 0 fully saturated rings. The molecule has 9 heteroatoms. The van der Waals surface area contributed by atoms with Crippen LogP contribution in [0.2, 0.25) is 0 Å². The van der Waals surface area contributed by atoms with Crippen LogP contribution in [0.1, 0.15) is 18.1 Å². The van der Waals surface area contributed by atoms with Crippen LogP contribution in [0.25, 0.3) is 0 Å². The fourth-order valence-corrected chi connectivity index (χ4v) is 3.83. The van der Waals surface area contributed by atoms with Gasteiger partial charge in [-0.1, -0.05) is 29.8 Å². The molecule has 0 unspecified atom stereocenters. The quantitative estimate of drug-likeness (QED) is 0.369. The predicted molar refractivity (Wildman–Crippen MR) is 127 cm³/mol. The molecule has 0 heterocycles. The van der Waals surface area contributed by atoms with Gasteiger partial charge in [0.05, 0.1) is 17.7 Å². The Morgan fingerprint density at radius 2 is 1.52 bits per heavy atom. The highest BCUT2D eigenvalue weighted by molar-refractivity contribution is 7.92. The molecule has 0 atom stereocenters. The molecular weight excluding hydrogens is 442 g/mol. The molecule has 0 spiro atoms. The number of carbonyl (C=O) groups excluding carboxylic acids is 1. The minimum atomic E-state index is -3.68. The predicted octanol–water partition coefficient (Wildman–Crippen LogP) is 3.72. The summed E-state index contributed by atoms with van der Waals surface area (Å²) in [5.74, 6) is 0.823. The van der Waals surface area contributed by atoms with Crippen molar-refractivity contribution in [3.05, 3.63) is 83.9 Å². The highest BCUT2D eigenvalue weighted by Crippen LogP contribution is 2.18. The van der Waals surface area contributed by atoms with Crippen LogP contribution in [0.4, 0.5) is 5.69 Å². The van der Waals surface area contributed by atoms with Gasteiger partial charge in [0.2, 0.25) is 0 Å². The molecule has 0 saturated heterocycles. The summed E-state index contributed by atoms with van der Waals surface area (Å²) in [4.78, 5) is 12.2. The lowest BCUT2D eigenvalue weighted by Crippen LogP contribution is -2.25. The monoisotopic (exact) mass is 467 g/mol. The van der Waals surface area contributed by atoms with Crippen molar-refractivity contribution in [1.29, 1.82) is 0 Å². The number of benzene rings is 3. The third-order valence-corrected chi connectivity index (χ3v) is 6.06.